The normalized spacial score (nSPS) is 15.3. The lowest BCUT2D eigenvalue weighted by Gasteiger charge is -2.33. The fourth-order valence-electron chi connectivity index (χ4n) is 2.05. The highest BCUT2D eigenvalue weighted by atomic mass is 127. The SMILES string of the molecule is CC(C)(C)C(=O)Nc1cccc(OPI)c1P(=O)(CO)C(C)(C)C. The molecular formula is C16H26INO4P2. The lowest BCUT2D eigenvalue weighted by Crippen LogP contribution is -2.33. The van der Waals surface area contributed by atoms with E-state index in [9.17, 15) is 14.5 Å². The van der Waals surface area contributed by atoms with Crippen LogP contribution < -0.4 is 15.1 Å². The van der Waals surface area contributed by atoms with E-state index >= 15 is 0 Å². The largest absolute Gasteiger partial charge is 0.466 e. The van der Waals surface area contributed by atoms with Crippen molar-refractivity contribution < 1.29 is 19.0 Å². The van der Waals surface area contributed by atoms with E-state index in [4.69, 9.17) is 4.52 Å². The molecule has 0 saturated heterocycles. The van der Waals surface area contributed by atoms with Gasteiger partial charge in [0, 0.05) is 10.6 Å². The summed E-state index contributed by atoms with van der Waals surface area (Å²) in [5.41, 5.74) is -0.154. The van der Waals surface area contributed by atoms with E-state index in [2.05, 4.69) is 27.4 Å². The molecule has 0 spiro atoms. The summed E-state index contributed by atoms with van der Waals surface area (Å²) >= 11 is 2.08. The molecule has 0 aliphatic heterocycles. The van der Waals surface area contributed by atoms with Crippen LogP contribution in [0, 0.1) is 5.41 Å². The van der Waals surface area contributed by atoms with Crippen LogP contribution in [0.15, 0.2) is 18.2 Å². The van der Waals surface area contributed by atoms with Gasteiger partial charge in [-0.1, -0.05) is 47.6 Å². The third-order valence-corrected chi connectivity index (χ3v) is 8.43. The molecule has 0 aromatic heterocycles. The maximum Gasteiger partial charge on any atom is 0.229 e. The minimum absolute atomic E-state index is 0.131. The van der Waals surface area contributed by atoms with Gasteiger partial charge in [0.25, 0.3) is 0 Å². The minimum atomic E-state index is -3.23. The molecule has 0 aliphatic rings. The third-order valence-electron chi connectivity index (χ3n) is 3.72. The molecule has 1 rings (SSSR count). The summed E-state index contributed by atoms with van der Waals surface area (Å²) in [4.78, 5) is 12.4. The maximum atomic E-state index is 13.7. The second kappa shape index (κ2) is 8.03. The molecule has 1 aromatic carbocycles. The lowest BCUT2D eigenvalue weighted by atomic mass is 9.95. The Morgan fingerprint density at radius 1 is 1.29 bits per heavy atom. The summed E-state index contributed by atoms with van der Waals surface area (Å²) in [5.74, 6) is 0.262. The Hall–Kier alpha value is -0.160. The smallest absolute Gasteiger partial charge is 0.229 e. The topological polar surface area (TPSA) is 75.6 Å². The first-order valence-electron chi connectivity index (χ1n) is 7.56. The average Bonchev–Trinajstić information content (AvgIpc) is 2.45. The van der Waals surface area contributed by atoms with Crippen LogP contribution in [-0.2, 0) is 9.36 Å². The van der Waals surface area contributed by atoms with Crippen LogP contribution in [0.25, 0.3) is 0 Å². The van der Waals surface area contributed by atoms with Crippen LogP contribution >= 0.6 is 35.6 Å². The first-order chi connectivity index (χ1) is 10.9. The van der Waals surface area contributed by atoms with Gasteiger partial charge in [-0.05, 0) is 34.2 Å². The number of carbonyl (C=O) groups excluding carboxylic acids is 1. The fourth-order valence-corrected chi connectivity index (χ4v) is 5.33. The number of halogens is 1. The highest BCUT2D eigenvalue weighted by Gasteiger charge is 2.42. The molecule has 0 fully saturated rings. The number of rotatable bonds is 5. The van der Waals surface area contributed by atoms with Crippen LogP contribution in [0.1, 0.15) is 41.5 Å². The van der Waals surface area contributed by atoms with Gasteiger partial charge in [-0.3, -0.25) is 4.79 Å². The molecule has 1 amide bonds. The summed E-state index contributed by atoms with van der Waals surface area (Å²) in [5, 5.41) is 12.5. The van der Waals surface area contributed by atoms with E-state index in [0.29, 0.717) is 16.7 Å². The Labute approximate surface area is 159 Å². The molecule has 2 atom stereocenters. The van der Waals surface area contributed by atoms with E-state index < -0.39 is 24.1 Å². The molecule has 2 N–H and O–H groups in total. The van der Waals surface area contributed by atoms with E-state index in [-0.39, 0.29) is 12.4 Å². The number of anilines is 1. The molecule has 0 bridgehead atoms. The number of hydrogen-bond acceptors (Lipinski definition) is 4. The van der Waals surface area contributed by atoms with E-state index in [1.165, 1.54) is 0 Å². The quantitative estimate of drug-likeness (QED) is 0.467. The van der Waals surface area contributed by atoms with E-state index in [1.54, 1.807) is 18.2 Å². The van der Waals surface area contributed by atoms with Gasteiger partial charge in [0.1, 0.15) is 25.7 Å². The summed E-state index contributed by atoms with van der Waals surface area (Å²) < 4.78 is 19.3. The van der Waals surface area contributed by atoms with E-state index in [0.717, 1.165) is 0 Å². The molecule has 0 saturated carbocycles. The monoisotopic (exact) mass is 485 g/mol. The predicted molar refractivity (Wildman–Crippen MR) is 112 cm³/mol. The van der Waals surface area contributed by atoms with Crippen LogP contribution in [0.4, 0.5) is 5.69 Å². The van der Waals surface area contributed by atoms with Crippen LogP contribution in [0.3, 0.4) is 0 Å². The molecule has 0 aliphatic carbocycles. The van der Waals surface area contributed by atoms with Gasteiger partial charge in [-0.2, -0.15) is 0 Å². The van der Waals surface area contributed by atoms with Crippen molar-refractivity contribution >= 4 is 52.5 Å². The van der Waals surface area contributed by atoms with Crippen LogP contribution in [-0.4, -0.2) is 22.5 Å². The van der Waals surface area contributed by atoms with Crippen LogP contribution in [0.2, 0.25) is 0 Å². The molecule has 0 heterocycles. The highest BCUT2D eigenvalue weighted by Crippen LogP contribution is 2.59. The van der Waals surface area contributed by atoms with Crippen molar-refractivity contribution in [3.63, 3.8) is 0 Å². The number of aliphatic hydroxyl groups excluding tert-OH is 1. The highest BCUT2D eigenvalue weighted by molar-refractivity contribution is 14.2. The molecule has 8 heteroatoms. The first kappa shape index (κ1) is 21.9. The van der Waals surface area contributed by atoms with Crippen molar-refractivity contribution in [1.29, 1.82) is 0 Å². The predicted octanol–water partition coefficient (Wildman–Crippen LogP) is 4.73. The lowest BCUT2D eigenvalue weighted by molar-refractivity contribution is -0.123. The molecule has 0 radical (unpaired) electrons. The van der Waals surface area contributed by atoms with Crippen molar-refractivity contribution in [2.75, 3.05) is 11.7 Å². The molecule has 2 unspecified atom stereocenters. The van der Waals surface area contributed by atoms with Crippen molar-refractivity contribution in [2.24, 2.45) is 5.41 Å². The second-order valence-corrected chi connectivity index (χ2v) is 12.8. The Morgan fingerprint density at radius 3 is 2.29 bits per heavy atom. The van der Waals surface area contributed by atoms with Gasteiger partial charge in [-0.25, -0.2) is 0 Å². The zero-order valence-corrected chi connectivity index (χ0v) is 19.0. The van der Waals surface area contributed by atoms with Gasteiger partial charge < -0.3 is 19.5 Å². The van der Waals surface area contributed by atoms with Crippen LogP contribution in [0.5, 0.6) is 5.75 Å². The number of benzene rings is 1. The minimum Gasteiger partial charge on any atom is -0.466 e. The third kappa shape index (κ3) is 4.72. The van der Waals surface area contributed by atoms with Crippen molar-refractivity contribution in [3.05, 3.63) is 18.2 Å². The summed E-state index contributed by atoms with van der Waals surface area (Å²) in [6.45, 7) is 11.0. The van der Waals surface area contributed by atoms with Gasteiger partial charge in [-0.15, -0.1) is 0 Å². The number of nitrogens with one attached hydrogen (secondary N) is 1. The summed E-state index contributed by atoms with van der Waals surface area (Å²) in [6, 6.07) is 5.18. The van der Waals surface area contributed by atoms with Gasteiger partial charge in [0.05, 0.1) is 11.0 Å². The van der Waals surface area contributed by atoms with Crippen molar-refractivity contribution in [3.8, 4) is 5.75 Å². The van der Waals surface area contributed by atoms with Crippen molar-refractivity contribution in [2.45, 2.75) is 46.7 Å². The van der Waals surface area contributed by atoms with Gasteiger partial charge in [0.15, 0.2) is 0 Å². The summed E-state index contributed by atoms with van der Waals surface area (Å²) in [7, 11) is -3.23. The molecule has 1 aromatic rings. The Kier molecular flexibility index (Phi) is 7.32. The average molecular weight is 485 g/mol. The molecule has 24 heavy (non-hydrogen) atoms. The maximum absolute atomic E-state index is 13.7. The Morgan fingerprint density at radius 2 is 1.88 bits per heavy atom. The van der Waals surface area contributed by atoms with E-state index in [1.807, 2.05) is 41.5 Å². The van der Waals surface area contributed by atoms with Crippen molar-refractivity contribution in [1.82, 2.24) is 0 Å². The number of hydrogen-bond donors (Lipinski definition) is 2. The zero-order chi connectivity index (χ0) is 18.8. The number of carbonyl (C=O) groups is 1. The van der Waals surface area contributed by atoms with Gasteiger partial charge in [0.2, 0.25) is 5.91 Å². The Bertz CT molecular complexity index is 650. The molecule has 5 nitrogen and oxygen atoms in total. The zero-order valence-electron chi connectivity index (χ0n) is 14.9. The number of aliphatic hydroxyl groups is 1. The standard InChI is InChI=1S/C16H26INO4P2/c1-15(2,3)14(20)18-11-8-7-9-12(22-23-17)13(11)24(21,10-19)16(4,5)6/h7-9,19,23H,10H2,1-6H3,(H,18,20). The molecule has 136 valence electrons. The Balaban J connectivity index is 3.60. The second-order valence-electron chi connectivity index (χ2n) is 7.59. The molecular weight excluding hydrogens is 459 g/mol. The fraction of sp³-hybridized carbons (Fsp3) is 0.562. The first-order valence-corrected chi connectivity index (χ1v) is 13.5. The van der Waals surface area contributed by atoms with Gasteiger partial charge >= 0.3 is 0 Å². The number of amides is 1. The summed E-state index contributed by atoms with van der Waals surface area (Å²) in [6.07, 6.45) is -0.486.